The molecular formula is C17H24N2O2. The lowest BCUT2D eigenvalue weighted by molar-refractivity contribution is 0.155. The van der Waals surface area contributed by atoms with Crippen LogP contribution in [0, 0.1) is 5.92 Å². The lowest BCUT2D eigenvalue weighted by Crippen LogP contribution is -2.44. The molecule has 1 fully saturated rings. The molecule has 0 bridgehead atoms. The molecule has 114 valence electrons. The second-order valence-corrected chi connectivity index (χ2v) is 6.29. The first-order valence-electron chi connectivity index (χ1n) is 7.94. The highest BCUT2D eigenvalue weighted by Crippen LogP contribution is 2.29. The summed E-state index contributed by atoms with van der Waals surface area (Å²) in [7, 11) is 1.91. The number of fused-ring (bicyclic) bond motifs is 1. The number of rotatable bonds is 2. The topological polar surface area (TPSA) is 41.6 Å². The van der Waals surface area contributed by atoms with E-state index in [0.717, 1.165) is 30.9 Å². The fourth-order valence-corrected chi connectivity index (χ4v) is 3.50. The van der Waals surface area contributed by atoms with Crippen LogP contribution in [0.2, 0.25) is 0 Å². The van der Waals surface area contributed by atoms with Crippen LogP contribution in [0.25, 0.3) is 0 Å². The number of carbonyl (C=O) groups is 1. The third-order valence-corrected chi connectivity index (χ3v) is 4.82. The Hall–Kier alpha value is -1.71. The third kappa shape index (κ3) is 2.99. The van der Waals surface area contributed by atoms with Crippen LogP contribution < -0.4 is 10.1 Å². The van der Waals surface area contributed by atoms with Crippen LogP contribution in [0.15, 0.2) is 18.2 Å². The van der Waals surface area contributed by atoms with Crippen molar-refractivity contribution in [1.82, 2.24) is 4.90 Å². The van der Waals surface area contributed by atoms with Crippen molar-refractivity contribution in [3.8, 4) is 5.75 Å². The molecule has 0 saturated heterocycles. The summed E-state index contributed by atoms with van der Waals surface area (Å²) in [6.07, 6.45) is 5.77. The van der Waals surface area contributed by atoms with Gasteiger partial charge in [0.15, 0.2) is 0 Å². The first-order valence-corrected chi connectivity index (χ1v) is 7.94. The van der Waals surface area contributed by atoms with Gasteiger partial charge in [-0.25, -0.2) is 4.79 Å². The maximum absolute atomic E-state index is 12.4. The molecule has 21 heavy (non-hydrogen) atoms. The maximum Gasteiger partial charge on any atom is 0.321 e. The third-order valence-electron chi connectivity index (χ3n) is 4.82. The first kappa shape index (κ1) is 14.2. The van der Waals surface area contributed by atoms with Gasteiger partial charge in [-0.2, -0.15) is 0 Å². The highest BCUT2D eigenvalue weighted by Gasteiger charge is 2.28. The second-order valence-electron chi connectivity index (χ2n) is 6.29. The van der Waals surface area contributed by atoms with Crippen LogP contribution in [0.1, 0.15) is 38.2 Å². The first-order chi connectivity index (χ1) is 10.1. The lowest BCUT2D eigenvalue weighted by Gasteiger charge is -2.36. The number of carbonyl (C=O) groups excluding carboxylic acids is 1. The summed E-state index contributed by atoms with van der Waals surface area (Å²) in [4.78, 5) is 14.3. The van der Waals surface area contributed by atoms with Crippen LogP contribution in [-0.2, 0) is 6.42 Å². The smallest absolute Gasteiger partial charge is 0.321 e. The van der Waals surface area contributed by atoms with Gasteiger partial charge in [-0.05, 0) is 42.5 Å². The number of amides is 2. The van der Waals surface area contributed by atoms with Crippen molar-refractivity contribution >= 4 is 11.7 Å². The summed E-state index contributed by atoms with van der Waals surface area (Å²) in [6, 6.07) is 6.24. The van der Waals surface area contributed by atoms with Crippen LogP contribution >= 0.6 is 0 Å². The molecule has 2 atom stereocenters. The molecule has 1 aliphatic heterocycles. The molecule has 2 aliphatic rings. The molecule has 4 heteroatoms. The van der Waals surface area contributed by atoms with Crippen LogP contribution in [0.3, 0.4) is 0 Å². The molecular weight excluding hydrogens is 264 g/mol. The summed E-state index contributed by atoms with van der Waals surface area (Å²) in [6.45, 7) is 2.99. The van der Waals surface area contributed by atoms with Crippen molar-refractivity contribution in [3.05, 3.63) is 23.8 Å². The number of urea groups is 1. The molecule has 1 N–H and O–H groups in total. The van der Waals surface area contributed by atoms with Crippen LogP contribution in [0.4, 0.5) is 10.5 Å². The van der Waals surface area contributed by atoms with E-state index in [1.54, 1.807) is 0 Å². The van der Waals surface area contributed by atoms with E-state index in [2.05, 4.69) is 12.2 Å². The summed E-state index contributed by atoms with van der Waals surface area (Å²) in [5, 5.41) is 3.02. The van der Waals surface area contributed by atoms with Crippen molar-refractivity contribution in [2.24, 2.45) is 5.92 Å². The van der Waals surface area contributed by atoms with Gasteiger partial charge in [0, 0.05) is 25.2 Å². The van der Waals surface area contributed by atoms with Crippen molar-refractivity contribution < 1.29 is 9.53 Å². The molecule has 0 spiro atoms. The summed E-state index contributed by atoms with van der Waals surface area (Å²) < 4.78 is 5.49. The number of hydrogen-bond donors (Lipinski definition) is 1. The zero-order chi connectivity index (χ0) is 14.8. The van der Waals surface area contributed by atoms with Gasteiger partial charge in [-0.15, -0.1) is 0 Å². The van der Waals surface area contributed by atoms with Gasteiger partial charge in [0.05, 0.1) is 6.61 Å². The Labute approximate surface area is 126 Å². The molecule has 1 aromatic rings. The predicted octanol–water partition coefficient (Wildman–Crippen LogP) is 3.66. The second kappa shape index (κ2) is 5.96. The predicted molar refractivity (Wildman–Crippen MR) is 83.8 cm³/mol. The molecule has 1 aromatic carbocycles. The molecule has 2 amide bonds. The molecule has 1 saturated carbocycles. The number of anilines is 1. The largest absolute Gasteiger partial charge is 0.493 e. The van der Waals surface area contributed by atoms with Gasteiger partial charge in [-0.3, -0.25) is 0 Å². The van der Waals surface area contributed by atoms with Gasteiger partial charge < -0.3 is 15.0 Å². The van der Waals surface area contributed by atoms with Gasteiger partial charge in [0.2, 0.25) is 0 Å². The van der Waals surface area contributed by atoms with Gasteiger partial charge in [-0.1, -0.05) is 19.8 Å². The molecule has 3 rings (SSSR count). The van der Waals surface area contributed by atoms with Crippen molar-refractivity contribution in [2.45, 2.75) is 45.1 Å². The standard InChI is InChI=1S/C17H24N2O2/c1-12-5-3-4-6-15(12)19(2)17(20)18-14-7-8-16-13(11-14)9-10-21-16/h7-8,11-12,15H,3-6,9-10H2,1-2H3,(H,18,20)/t12-,15+/m0/s1. The Bertz CT molecular complexity index is 530. The molecule has 0 unspecified atom stereocenters. The Morgan fingerprint density at radius 1 is 1.33 bits per heavy atom. The van der Waals surface area contributed by atoms with Crippen molar-refractivity contribution in [2.75, 3.05) is 19.0 Å². The Morgan fingerprint density at radius 2 is 2.14 bits per heavy atom. The monoisotopic (exact) mass is 288 g/mol. The Kier molecular flexibility index (Phi) is 4.04. The highest BCUT2D eigenvalue weighted by molar-refractivity contribution is 5.89. The Morgan fingerprint density at radius 3 is 2.95 bits per heavy atom. The zero-order valence-electron chi connectivity index (χ0n) is 12.9. The summed E-state index contributed by atoms with van der Waals surface area (Å²) in [5.41, 5.74) is 2.04. The van der Waals surface area contributed by atoms with Crippen molar-refractivity contribution in [3.63, 3.8) is 0 Å². The van der Waals surface area contributed by atoms with E-state index in [1.807, 2.05) is 30.1 Å². The molecule has 4 nitrogen and oxygen atoms in total. The minimum atomic E-state index is -0.00684. The van der Waals surface area contributed by atoms with E-state index in [-0.39, 0.29) is 6.03 Å². The Balaban J connectivity index is 1.65. The van der Waals surface area contributed by atoms with Gasteiger partial charge >= 0.3 is 6.03 Å². The maximum atomic E-state index is 12.4. The number of ether oxygens (including phenoxy) is 1. The van der Waals surface area contributed by atoms with E-state index < -0.39 is 0 Å². The lowest BCUT2D eigenvalue weighted by atomic mass is 9.85. The quantitative estimate of drug-likeness (QED) is 0.902. The fraction of sp³-hybridized carbons (Fsp3) is 0.588. The van der Waals surface area contributed by atoms with Crippen LogP contribution in [0.5, 0.6) is 5.75 Å². The average Bonchev–Trinajstić information content (AvgIpc) is 2.94. The number of nitrogens with zero attached hydrogens (tertiary/aromatic N) is 1. The highest BCUT2D eigenvalue weighted by atomic mass is 16.5. The fourth-order valence-electron chi connectivity index (χ4n) is 3.50. The van der Waals surface area contributed by atoms with Gasteiger partial charge in [0.1, 0.15) is 5.75 Å². The molecule has 0 aromatic heterocycles. The SMILES string of the molecule is C[C@H]1CCCC[C@H]1N(C)C(=O)Nc1ccc2c(c1)CCO2. The van der Waals surface area contributed by atoms with Crippen molar-refractivity contribution in [1.29, 1.82) is 0 Å². The summed E-state index contributed by atoms with van der Waals surface area (Å²) >= 11 is 0. The number of hydrogen-bond acceptors (Lipinski definition) is 2. The molecule has 0 radical (unpaired) electrons. The van der Waals surface area contributed by atoms with E-state index in [1.165, 1.54) is 24.8 Å². The van der Waals surface area contributed by atoms with Gasteiger partial charge in [0.25, 0.3) is 0 Å². The van der Waals surface area contributed by atoms with E-state index in [4.69, 9.17) is 4.74 Å². The van der Waals surface area contributed by atoms with E-state index in [9.17, 15) is 4.79 Å². The average molecular weight is 288 g/mol. The minimum Gasteiger partial charge on any atom is -0.493 e. The number of nitrogens with one attached hydrogen (secondary N) is 1. The number of benzene rings is 1. The minimum absolute atomic E-state index is 0.00684. The van der Waals surface area contributed by atoms with E-state index in [0.29, 0.717) is 12.0 Å². The normalized spacial score (nSPS) is 24.1. The zero-order valence-corrected chi connectivity index (χ0v) is 12.9. The molecule has 1 heterocycles. The van der Waals surface area contributed by atoms with E-state index >= 15 is 0 Å². The molecule has 1 aliphatic carbocycles. The van der Waals surface area contributed by atoms with Crippen LogP contribution in [-0.4, -0.2) is 30.6 Å². The summed E-state index contributed by atoms with van der Waals surface area (Å²) in [5.74, 6) is 1.53.